The zero-order valence-corrected chi connectivity index (χ0v) is 18.8. The lowest BCUT2D eigenvalue weighted by molar-refractivity contribution is -0.134. The molecular formula is C24H29FN4O3. The first-order valence-corrected chi connectivity index (χ1v) is 10.5. The number of likely N-dealkylation sites (N-methyl/N-ethyl adjacent to an activating group) is 1. The maximum atomic E-state index is 13.9. The van der Waals surface area contributed by atoms with Gasteiger partial charge in [0, 0.05) is 26.7 Å². The fourth-order valence-electron chi connectivity index (χ4n) is 4.19. The Kier molecular flexibility index (Phi) is 7.25. The van der Waals surface area contributed by atoms with Crippen LogP contribution in [-0.4, -0.2) is 60.2 Å². The number of hydrogen-bond acceptors (Lipinski definition) is 4. The first-order chi connectivity index (χ1) is 15.2. The molecule has 0 saturated carbocycles. The van der Waals surface area contributed by atoms with Crippen LogP contribution >= 0.6 is 0 Å². The summed E-state index contributed by atoms with van der Waals surface area (Å²) >= 11 is 0. The van der Waals surface area contributed by atoms with Crippen LogP contribution in [0, 0.1) is 12.7 Å². The number of benzene rings is 2. The number of anilines is 1. The van der Waals surface area contributed by atoms with E-state index < -0.39 is 11.9 Å². The third-order valence-electron chi connectivity index (χ3n) is 5.65. The van der Waals surface area contributed by atoms with Gasteiger partial charge in [0.15, 0.2) is 0 Å². The molecular weight excluding hydrogens is 411 g/mol. The van der Waals surface area contributed by atoms with E-state index in [0.717, 1.165) is 5.56 Å². The predicted molar refractivity (Wildman–Crippen MR) is 120 cm³/mol. The number of likely N-dealkylation sites (tertiary alicyclic amines) is 1. The average Bonchev–Trinajstić information content (AvgIpc) is 3.07. The monoisotopic (exact) mass is 440 g/mol. The third kappa shape index (κ3) is 5.31. The molecule has 8 heteroatoms. The van der Waals surface area contributed by atoms with Crippen LogP contribution in [0.15, 0.2) is 48.5 Å². The Balaban J connectivity index is 1.91. The smallest absolute Gasteiger partial charge is 0.239 e. The number of hydrogen-bond donors (Lipinski definition) is 2. The molecule has 3 rings (SSSR count). The van der Waals surface area contributed by atoms with E-state index in [2.05, 4.69) is 10.6 Å². The molecule has 1 aliphatic rings. The van der Waals surface area contributed by atoms with Crippen LogP contribution in [0.3, 0.4) is 0 Å². The molecule has 0 spiro atoms. The molecule has 2 aromatic rings. The van der Waals surface area contributed by atoms with Crippen molar-refractivity contribution in [1.29, 1.82) is 0 Å². The zero-order chi connectivity index (χ0) is 23.4. The summed E-state index contributed by atoms with van der Waals surface area (Å²) in [5.74, 6) is -1.12. The number of carbonyl (C=O) groups excluding carboxylic acids is 3. The molecule has 7 nitrogen and oxygen atoms in total. The lowest BCUT2D eigenvalue weighted by Crippen LogP contribution is -2.46. The van der Waals surface area contributed by atoms with Gasteiger partial charge in [-0.15, -0.1) is 0 Å². The minimum Gasteiger partial charge on any atom is -0.352 e. The molecule has 0 bridgehead atoms. The highest BCUT2D eigenvalue weighted by Gasteiger charge is 2.46. The Bertz CT molecular complexity index is 996. The number of nitrogens with zero attached hydrogens (tertiary/aromatic N) is 2. The molecule has 1 saturated heterocycles. The van der Waals surface area contributed by atoms with Gasteiger partial charge in [-0.05, 0) is 36.6 Å². The fourth-order valence-corrected chi connectivity index (χ4v) is 4.19. The lowest BCUT2D eigenvalue weighted by atomic mass is 9.99. The summed E-state index contributed by atoms with van der Waals surface area (Å²) in [6, 6.07) is 12.7. The molecule has 32 heavy (non-hydrogen) atoms. The number of aryl methyl sites for hydroxylation is 1. The Morgan fingerprint density at radius 2 is 1.81 bits per heavy atom. The van der Waals surface area contributed by atoms with E-state index in [4.69, 9.17) is 0 Å². The molecule has 3 atom stereocenters. The summed E-state index contributed by atoms with van der Waals surface area (Å²) < 4.78 is 13.9. The maximum absolute atomic E-state index is 13.9. The minimum absolute atomic E-state index is 0.0879. The molecule has 1 fully saturated rings. The van der Waals surface area contributed by atoms with Gasteiger partial charge in [0.2, 0.25) is 17.7 Å². The molecule has 0 radical (unpaired) electrons. The molecule has 0 aromatic heterocycles. The molecule has 170 valence electrons. The highest BCUT2D eigenvalue weighted by molar-refractivity contribution is 5.93. The van der Waals surface area contributed by atoms with E-state index in [9.17, 15) is 18.8 Å². The Morgan fingerprint density at radius 1 is 1.12 bits per heavy atom. The van der Waals surface area contributed by atoms with Gasteiger partial charge in [0.1, 0.15) is 5.82 Å². The van der Waals surface area contributed by atoms with Gasteiger partial charge < -0.3 is 15.5 Å². The van der Waals surface area contributed by atoms with Crippen molar-refractivity contribution in [2.24, 2.45) is 0 Å². The van der Waals surface area contributed by atoms with E-state index in [1.807, 2.05) is 35.2 Å². The van der Waals surface area contributed by atoms with Crippen LogP contribution in [0.25, 0.3) is 0 Å². The zero-order valence-electron chi connectivity index (χ0n) is 18.8. The molecule has 0 unspecified atom stereocenters. The SMILES string of the molecule is CC(=O)N[C@H]1C[C@@H](C(=O)N(C)C)N(CC(=O)Nc2ccc(C)c(F)c2)[C@H]1c1ccccc1. The van der Waals surface area contributed by atoms with Crippen molar-refractivity contribution in [3.8, 4) is 0 Å². The third-order valence-corrected chi connectivity index (χ3v) is 5.65. The second kappa shape index (κ2) is 9.91. The van der Waals surface area contributed by atoms with Crippen molar-refractivity contribution < 1.29 is 18.8 Å². The largest absolute Gasteiger partial charge is 0.352 e. The number of amides is 3. The van der Waals surface area contributed by atoms with E-state index >= 15 is 0 Å². The summed E-state index contributed by atoms with van der Waals surface area (Å²) in [6.45, 7) is 3.00. The number of carbonyl (C=O) groups is 3. The van der Waals surface area contributed by atoms with Crippen LogP contribution in [0.2, 0.25) is 0 Å². The van der Waals surface area contributed by atoms with Crippen molar-refractivity contribution in [3.05, 3.63) is 65.5 Å². The van der Waals surface area contributed by atoms with Gasteiger partial charge in [-0.2, -0.15) is 0 Å². The van der Waals surface area contributed by atoms with Crippen LogP contribution < -0.4 is 10.6 Å². The van der Waals surface area contributed by atoms with Gasteiger partial charge in [-0.25, -0.2) is 4.39 Å². The van der Waals surface area contributed by atoms with Crippen LogP contribution in [0.4, 0.5) is 10.1 Å². The molecule has 1 heterocycles. The van der Waals surface area contributed by atoms with E-state index in [0.29, 0.717) is 17.7 Å². The Morgan fingerprint density at radius 3 is 2.41 bits per heavy atom. The quantitative estimate of drug-likeness (QED) is 0.723. The lowest BCUT2D eigenvalue weighted by Gasteiger charge is -2.31. The fraction of sp³-hybridized carbons (Fsp3) is 0.375. The number of nitrogens with one attached hydrogen (secondary N) is 2. The molecule has 1 aliphatic heterocycles. The molecule has 3 amide bonds. The number of halogens is 1. The van der Waals surface area contributed by atoms with E-state index in [1.165, 1.54) is 17.9 Å². The van der Waals surface area contributed by atoms with Crippen molar-refractivity contribution >= 4 is 23.4 Å². The summed E-state index contributed by atoms with van der Waals surface area (Å²) in [6.07, 6.45) is 0.378. The molecule has 2 N–H and O–H groups in total. The van der Waals surface area contributed by atoms with Gasteiger partial charge in [-0.1, -0.05) is 36.4 Å². The average molecular weight is 441 g/mol. The Labute approximate surface area is 187 Å². The van der Waals surface area contributed by atoms with E-state index in [1.54, 1.807) is 33.2 Å². The van der Waals surface area contributed by atoms with Gasteiger partial charge in [0.25, 0.3) is 0 Å². The summed E-state index contributed by atoms with van der Waals surface area (Å²) in [5.41, 5.74) is 1.73. The van der Waals surface area contributed by atoms with E-state index in [-0.39, 0.29) is 36.3 Å². The van der Waals surface area contributed by atoms with Gasteiger partial charge >= 0.3 is 0 Å². The molecule has 0 aliphatic carbocycles. The van der Waals surface area contributed by atoms with Crippen molar-refractivity contribution in [2.75, 3.05) is 26.0 Å². The highest BCUT2D eigenvalue weighted by Crippen LogP contribution is 2.37. The minimum atomic E-state index is -0.590. The highest BCUT2D eigenvalue weighted by atomic mass is 19.1. The standard InChI is InChI=1S/C24H29FN4O3/c1-15-10-11-18(12-19(15)25)27-22(31)14-29-21(24(32)28(3)4)13-20(26-16(2)30)23(29)17-8-6-5-7-9-17/h5-12,20-21,23H,13-14H2,1-4H3,(H,26,30)(H,27,31)/t20-,21-,23-/m0/s1. The van der Waals surface area contributed by atoms with Crippen LogP contribution in [0.1, 0.15) is 30.5 Å². The van der Waals surface area contributed by atoms with Crippen molar-refractivity contribution in [1.82, 2.24) is 15.1 Å². The van der Waals surface area contributed by atoms with Crippen molar-refractivity contribution in [3.63, 3.8) is 0 Å². The second-order valence-electron chi connectivity index (χ2n) is 8.33. The first-order valence-electron chi connectivity index (χ1n) is 10.5. The van der Waals surface area contributed by atoms with Gasteiger partial charge in [-0.3, -0.25) is 19.3 Å². The van der Waals surface area contributed by atoms with Gasteiger partial charge in [0.05, 0.1) is 24.7 Å². The summed E-state index contributed by atoms with van der Waals surface area (Å²) in [5, 5.41) is 5.67. The number of rotatable bonds is 6. The second-order valence-corrected chi connectivity index (χ2v) is 8.33. The topological polar surface area (TPSA) is 81.8 Å². The van der Waals surface area contributed by atoms with Crippen LogP contribution in [-0.2, 0) is 14.4 Å². The summed E-state index contributed by atoms with van der Waals surface area (Å²) in [4.78, 5) is 41.1. The van der Waals surface area contributed by atoms with Crippen molar-refractivity contribution in [2.45, 2.75) is 38.4 Å². The summed E-state index contributed by atoms with van der Waals surface area (Å²) in [7, 11) is 3.33. The first kappa shape index (κ1) is 23.4. The predicted octanol–water partition coefficient (Wildman–Crippen LogP) is 2.48. The Hall–Kier alpha value is -3.26. The normalized spacial score (nSPS) is 20.6. The maximum Gasteiger partial charge on any atom is 0.239 e. The van der Waals surface area contributed by atoms with Crippen LogP contribution in [0.5, 0.6) is 0 Å². The molecule has 2 aromatic carbocycles.